The first kappa shape index (κ1) is 15.3. The molecule has 0 bridgehead atoms. The summed E-state index contributed by atoms with van der Waals surface area (Å²) >= 11 is 0. The Kier molecular flexibility index (Phi) is 7.43. The molecule has 0 aliphatic carbocycles. The van der Waals surface area contributed by atoms with Crippen LogP contribution in [0.5, 0.6) is 5.75 Å². The maximum Gasteiger partial charge on any atom is 0.188 e. The average molecular weight is 265 g/mol. The van der Waals surface area contributed by atoms with Crippen molar-refractivity contribution in [2.75, 3.05) is 26.9 Å². The molecule has 0 aliphatic heterocycles. The summed E-state index contributed by atoms with van der Waals surface area (Å²) in [6, 6.07) is 7.82. The van der Waals surface area contributed by atoms with Gasteiger partial charge in [-0.3, -0.25) is 0 Å². The molecule has 0 saturated carbocycles. The van der Waals surface area contributed by atoms with Crippen molar-refractivity contribution < 1.29 is 9.47 Å². The van der Waals surface area contributed by atoms with Crippen LogP contribution in [0.25, 0.3) is 0 Å². The summed E-state index contributed by atoms with van der Waals surface area (Å²) in [6.45, 7) is 4.65. The van der Waals surface area contributed by atoms with Gasteiger partial charge in [-0.15, -0.1) is 0 Å². The first-order chi connectivity index (χ1) is 9.26. The molecule has 0 saturated heterocycles. The van der Waals surface area contributed by atoms with E-state index in [0.717, 1.165) is 24.3 Å². The Morgan fingerprint density at radius 1 is 1.26 bits per heavy atom. The summed E-state index contributed by atoms with van der Waals surface area (Å²) in [5.74, 6) is 1.32. The molecule has 19 heavy (non-hydrogen) atoms. The first-order valence-corrected chi connectivity index (χ1v) is 6.50. The fourth-order valence-electron chi connectivity index (χ4n) is 1.42. The fourth-order valence-corrected chi connectivity index (χ4v) is 1.42. The second-order valence-electron chi connectivity index (χ2n) is 4.11. The molecule has 3 N–H and O–H groups in total. The van der Waals surface area contributed by atoms with Crippen LogP contribution < -0.4 is 15.8 Å². The van der Waals surface area contributed by atoms with Gasteiger partial charge in [0, 0.05) is 13.7 Å². The van der Waals surface area contributed by atoms with Crippen LogP contribution in [0, 0.1) is 0 Å². The number of aliphatic imine (C=N–C) groups is 1. The van der Waals surface area contributed by atoms with Crippen LogP contribution in [0.2, 0.25) is 0 Å². The monoisotopic (exact) mass is 265 g/mol. The van der Waals surface area contributed by atoms with E-state index in [1.54, 1.807) is 7.11 Å². The lowest BCUT2D eigenvalue weighted by Crippen LogP contribution is -2.32. The molecule has 1 rings (SSSR count). The summed E-state index contributed by atoms with van der Waals surface area (Å²) in [5, 5.41) is 3.04. The van der Waals surface area contributed by atoms with Crippen molar-refractivity contribution in [3.63, 3.8) is 0 Å². The van der Waals surface area contributed by atoms with Crippen LogP contribution in [0.3, 0.4) is 0 Å². The number of nitrogens with one attached hydrogen (secondary N) is 1. The number of rotatable bonds is 8. The highest BCUT2D eigenvalue weighted by molar-refractivity contribution is 5.77. The molecule has 5 nitrogen and oxygen atoms in total. The number of methoxy groups -OCH3 is 1. The van der Waals surface area contributed by atoms with Gasteiger partial charge in [-0.25, -0.2) is 4.99 Å². The van der Waals surface area contributed by atoms with E-state index in [1.165, 1.54) is 0 Å². The Bertz CT molecular complexity index is 377. The molecule has 0 unspecified atom stereocenters. The van der Waals surface area contributed by atoms with Crippen molar-refractivity contribution >= 4 is 5.96 Å². The molecule has 0 fully saturated rings. The van der Waals surface area contributed by atoms with Crippen LogP contribution >= 0.6 is 0 Å². The predicted octanol–water partition coefficient (Wildman–Crippen LogP) is 1.53. The van der Waals surface area contributed by atoms with Gasteiger partial charge in [0.2, 0.25) is 0 Å². The van der Waals surface area contributed by atoms with Gasteiger partial charge in [0.1, 0.15) is 12.4 Å². The second kappa shape index (κ2) is 9.22. The zero-order valence-corrected chi connectivity index (χ0v) is 11.7. The van der Waals surface area contributed by atoms with Gasteiger partial charge in [-0.05, 0) is 24.1 Å². The Labute approximate surface area is 114 Å². The minimum absolute atomic E-state index is 0.488. The lowest BCUT2D eigenvalue weighted by Gasteiger charge is -2.06. The SMILES string of the molecule is CCCNC(N)=NCc1ccc(OCCOC)cc1. The van der Waals surface area contributed by atoms with Gasteiger partial charge in [0.05, 0.1) is 13.2 Å². The molecule has 0 amide bonds. The highest BCUT2D eigenvalue weighted by atomic mass is 16.5. The van der Waals surface area contributed by atoms with E-state index in [1.807, 2.05) is 24.3 Å². The smallest absolute Gasteiger partial charge is 0.188 e. The molecule has 0 aliphatic rings. The molecule has 5 heteroatoms. The number of hydrogen-bond donors (Lipinski definition) is 2. The fraction of sp³-hybridized carbons (Fsp3) is 0.500. The van der Waals surface area contributed by atoms with Gasteiger partial charge < -0.3 is 20.5 Å². The molecule has 106 valence electrons. The summed E-state index contributed by atoms with van der Waals surface area (Å²) in [4.78, 5) is 4.26. The standard InChI is InChI=1S/C14H23N3O2/c1-3-8-16-14(15)17-11-12-4-6-13(7-5-12)19-10-9-18-2/h4-7H,3,8-11H2,1-2H3,(H3,15,16,17). The molecule has 0 radical (unpaired) electrons. The van der Waals surface area contributed by atoms with Gasteiger partial charge in [0.25, 0.3) is 0 Å². The zero-order valence-electron chi connectivity index (χ0n) is 11.7. The van der Waals surface area contributed by atoms with Gasteiger partial charge in [-0.1, -0.05) is 19.1 Å². The van der Waals surface area contributed by atoms with Crippen LogP contribution in [0.1, 0.15) is 18.9 Å². The number of benzene rings is 1. The largest absolute Gasteiger partial charge is 0.491 e. The van der Waals surface area contributed by atoms with Crippen molar-refractivity contribution in [2.24, 2.45) is 10.7 Å². The van der Waals surface area contributed by atoms with Crippen molar-refractivity contribution in [1.29, 1.82) is 0 Å². The van der Waals surface area contributed by atoms with Gasteiger partial charge in [-0.2, -0.15) is 0 Å². The molecule has 0 aromatic heterocycles. The van der Waals surface area contributed by atoms with Crippen LogP contribution in [0.15, 0.2) is 29.3 Å². The summed E-state index contributed by atoms with van der Waals surface area (Å²) < 4.78 is 10.4. The summed E-state index contributed by atoms with van der Waals surface area (Å²) in [5.41, 5.74) is 6.82. The third-order valence-corrected chi connectivity index (χ3v) is 2.47. The first-order valence-electron chi connectivity index (χ1n) is 6.50. The van der Waals surface area contributed by atoms with Gasteiger partial charge >= 0.3 is 0 Å². The van der Waals surface area contributed by atoms with E-state index in [4.69, 9.17) is 15.2 Å². The van der Waals surface area contributed by atoms with Crippen LogP contribution in [0.4, 0.5) is 0 Å². The number of ether oxygens (including phenoxy) is 2. The van der Waals surface area contributed by atoms with Gasteiger partial charge in [0.15, 0.2) is 5.96 Å². The van der Waals surface area contributed by atoms with Crippen molar-refractivity contribution in [3.05, 3.63) is 29.8 Å². The quantitative estimate of drug-likeness (QED) is 0.425. The molecular formula is C14H23N3O2. The summed E-state index contributed by atoms with van der Waals surface area (Å²) in [7, 11) is 1.65. The van der Waals surface area contributed by atoms with Crippen LogP contribution in [-0.2, 0) is 11.3 Å². The Balaban J connectivity index is 2.39. The average Bonchev–Trinajstić information content (AvgIpc) is 2.44. The molecule has 1 aromatic rings. The Hall–Kier alpha value is -1.75. The highest BCUT2D eigenvalue weighted by Crippen LogP contribution is 2.12. The normalized spacial score (nSPS) is 11.4. The van der Waals surface area contributed by atoms with Crippen molar-refractivity contribution in [1.82, 2.24) is 5.32 Å². The maximum absolute atomic E-state index is 5.72. The second-order valence-corrected chi connectivity index (χ2v) is 4.11. The minimum atomic E-state index is 0.488. The summed E-state index contributed by atoms with van der Waals surface area (Å²) in [6.07, 6.45) is 1.03. The van der Waals surface area contributed by atoms with Crippen molar-refractivity contribution in [3.8, 4) is 5.75 Å². The van der Waals surface area contributed by atoms with E-state index in [9.17, 15) is 0 Å². The van der Waals surface area contributed by atoms with E-state index in [0.29, 0.717) is 25.7 Å². The van der Waals surface area contributed by atoms with E-state index in [2.05, 4.69) is 17.2 Å². The number of guanidine groups is 1. The lowest BCUT2D eigenvalue weighted by atomic mass is 10.2. The Morgan fingerprint density at radius 3 is 2.63 bits per heavy atom. The maximum atomic E-state index is 5.72. The van der Waals surface area contributed by atoms with Crippen molar-refractivity contribution in [2.45, 2.75) is 19.9 Å². The molecule has 0 spiro atoms. The Morgan fingerprint density at radius 2 is 2.00 bits per heavy atom. The van der Waals surface area contributed by atoms with E-state index < -0.39 is 0 Å². The molecular weight excluding hydrogens is 242 g/mol. The van der Waals surface area contributed by atoms with Crippen LogP contribution in [-0.4, -0.2) is 32.8 Å². The number of nitrogens with two attached hydrogens (primary N) is 1. The molecule has 0 heterocycles. The number of hydrogen-bond acceptors (Lipinski definition) is 3. The molecule has 1 aromatic carbocycles. The highest BCUT2D eigenvalue weighted by Gasteiger charge is 1.96. The zero-order chi connectivity index (χ0) is 13.9. The number of nitrogens with zero attached hydrogens (tertiary/aromatic N) is 1. The molecule has 0 atom stereocenters. The predicted molar refractivity (Wildman–Crippen MR) is 77.4 cm³/mol. The van der Waals surface area contributed by atoms with E-state index in [-0.39, 0.29) is 0 Å². The minimum Gasteiger partial charge on any atom is -0.491 e. The lowest BCUT2D eigenvalue weighted by molar-refractivity contribution is 0.146. The topological polar surface area (TPSA) is 68.9 Å². The third kappa shape index (κ3) is 6.67. The van der Waals surface area contributed by atoms with E-state index >= 15 is 0 Å². The third-order valence-electron chi connectivity index (χ3n) is 2.47.